The van der Waals surface area contributed by atoms with Crippen molar-refractivity contribution in [2.45, 2.75) is 38.7 Å². The van der Waals surface area contributed by atoms with Crippen molar-refractivity contribution in [1.82, 2.24) is 4.98 Å². The summed E-state index contributed by atoms with van der Waals surface area (Å²) in [5, 5.41) is 12.2. The molecule has 0 bridgehead atoms. The number of nitrogens with zero attached hydrogens (tertiary/aromatic N) is 1. The molecule has 1 aliphatic carbocycles. The minimum atomic E-state index is -0.695. The highest BCUT2D eigenvalue weighted by molar-refractivity contribution is 5.82. The highest BCUT2D eigenvalue weighted by Crippen LogP contribution is 2.44. The second-order valence-electron chi connectivity index (χ2n) is 6.26. The Morgan fingerprint density at radius 3 is 2.58 bits per heavy atom. The Morgan fingerprint density at radius 2 is 1.84 bits per heavy atom. The van der Waals surface area contributed by atoms with Crippen LogP contribution in [0.15, 0.2) is 36.5 Å². The Morgan fingerprint density at radius 1 is 1.11 bits per heavy atom. The van der Waals surface area contributed by atoms with E-state index in [1.54, 1.807) is 0 Å². The van der Waals surface area contributed by atoms with E-state index >= 15 is 0 Å². The van der Waals surface area contributed by atoms with Crippen molar-refractivity contribution in [3.05, 3.63) is 42.1 Å². The van der Waals surface area contributed by atoms with Gasteiger partial charge >= 0.3 is 0 Å². The predicted molar refractivity (Wildman–Crippen MR) is 77.8 cm³/mol. The molecule has 1 heterocycles. The van der Waals surface area contributed by atoms with Gasteiger partial charge in [-0.3, -0.25) is 4.98 Å². The molecule has 19 heavy (non-hydrogen) atoms. The molecule has 1 aromatic heterocycles. The Kier molecular flexibility index (Phi) is 3.06. The van der Waals surface area contributed by atoms with Gasteiger partial charge in [-0.15, -0.1) is 0 Å². The fourth-order valence-corrected chi connectivity index (χ4v) is 3.82. The van der Waals surface area contributed by atoms with Crippen LogP contribution in [0.25, 0.3) is 10.9 Å². The van der Waals surface area contributed by atoms with Crippen LogP contribution in [-0.2, 0) is 5.60 Å². The quantitative estimate of drug-likeness (QED) is 0.839. The predicted octanol–water partition coefficient (Wildman–Crippen LogP) is 3.88. The van der Waals surface area contributed by atoms with Crippen molar-refractivity contribution < 1.29 is 5.11 Å². The molecule has 2 heteroatoms. The van der Waals surface area contributed by atoms with Crippen LogP contribution in [0, 0.1) is 11.8 Å². The van der Waals surface area contributed by atoms with Gasteiger partial charge in [0.05, 0.1) is 11.1 Å². The number of benzene rings is 1. The Hall–Kier alpha value is -1.41. The van der Waals surface area contributed by atoms with Crippen molar-refractivity contribution >= 4 is 10.9 Å². The molecule has 2 unspecified atom stereocenters. The van der Waals surface area contributed by atoms with E-state index in [0.29, 0.717) is 11.8 Å². The van der Waals surface area contributed by atoms with E-state index in [9.17, 15) is 5.11 Å². The van der Waals surface area contributed by atoms with Gasteiger partial charge in [-0.05, 0) is 48.8 Å². The fraction of sp³-hybridized carbons (Fsp3) is 0.471. The molecule has 100 valence electrons. The van der Waals surface area contributed by atoms with Crippen LogP contribution < -0.4 is 0 Å². The number of aliphatic hydroxyl groups is 1. The van der Waals surface area contributed by atoms with E-state index in [-0.39, 0.29) is 0 Å². The van der Waals surface area contributed by atoms with Crippen LogP contribution in [0.1, 0.15) is 38.7 Å². The van der Waals surface area contributed by atoms with Gasteiger partial charge in [0.25, 0.3) is 0 Å². The number of aromatic nitrogens is 1. The molecule has 0 aliphatic heterocycles. The van der Waals surface area contributed by atoms with Crippen molar-refractivity contribution in [3.8, 4) is 0 Å². The zero-order chi connectivity index (χ0) is 13.5. The summed E-state index contributed by atoms with van der Waals surface area (Å²) in [5.41, 5.74) is 1.33. The molecule has 3 rings (SSSR count). The van der Waals surface area contributed by atoms with Crippen LogP contribution in [0.2, 0.25) is 0 Å². The highest BCUT2D eigenvalue weighted by atomic mass is 16.3. The van der Waals surface area contributed by atoms with Gasteiger partial charge in [0.2, 0.25) is 0 Å². The third-order valence-corrected chi connectivity index (χ3v) is 4.32. The first-order valence-electron chi connectivity index (χ1n) is 7.15. The molecule has 0 radical (unpaired) electrons. The van der Waals surface area contributed by atoms with Crippen LogP contribution in [-0.4, -0.2) is 10.1 Å². The SMILES string of the molecule is CC1CC(C)CC(O)(c2cccc3ncccc23)C1. The third-order valence-electron chi connectivity index (χ3n) is 4.32. The first kappa shape index (κ1) is 12.6. The van der Waals surface area contributed by atoms with Crippen molar-refractivity contribution in [3.63, 3.8) is 0 Å². The van der Waals surface area contributed by atoms with E-state index in [1.165, 1.54) is 6.42 Å². The second kappa shape index (κ2) is 4.61. The number of hydrogen-bond acceptors (Lipinski definition) is 2. The summed E-state index contributed by atoms with van der Waals surface area (Å²) >= 11 is 0. The van der Waals surface area contributed by atoms with E-state index in [1.807, 2.05) is 24.4 Å². The molecule has 1 aromatic carbocycles. The number of hydrogen-bond donors (Lipinski definition) is 1. The largest absolute Gasteiger partial charge is 0.385 e. The normalized spacial score (nSPS) is 31.5. The molecule has 0 spiro atoms. The zero-order valence-electron chi connectivity index (χ0n) is 11.6. The van der Waals surface area contributed by atoms with E-state index < -0.39 is 5.60 Å². The first-order chi connectivity index (χ1) is 9.08. The number of fused-ring (bicyclic) bond motifs is 1. The van der Waals surface area contributed by atoms with E-state index in [0.717, 1.165) is 29.3 Å². The average molecular weight is 255 g/mol. The van der Waals surface area contributed by atoms with Crippen molar-refractivity contribution in [1.29, 1.82) is 0 Å². The van der Waals surface area contributed by atoms with Gasteiger partial charge in [-0.2, -0.15) is 0 Å². The molecule has 1 aliphatic rings. The lowest BCUT2D eigenvalue weighted by Gasteiger charge is -2.39. The maximum absolute atomic E-state index is 11.2. The average Bonchev–Trinajstić information content (AvgIpc) is 2.36. The zero-order valence-corrected chi connectivity index (χ0v) is 11.6. The maximum Gasteiger partial charge on any atom is 0.0908 e. The lowest BCUT2D eigenvalue weighted by atomic mass is 9.70. The third kappa shape index (κ3) is 2.25. The number of rotatable bonds is 1. The monoisotopic (exact) mass is 255 g/mol. The summed E-state index contributed by atoms with van der Waals surface area (Å²) < 4.78 is 0. The van der Waals surface area contributed by atoms with E-state index in [4.69, 9.17) is 0 Å². The molecular formula is C17H21NO. The molecule has 1 saturated carbocycles. The number of pyridine rings is 1. The molecule has 0 saturated heterocycles. The van der Waals surface area contributed by atoms with Crippen molar-refractivity contribution in [2.24, 2.45) is 11.8 Å². The standard InChI is InChI=1S/C17H21NO/c1-12-9-13(2)11-17(19,10-12)15-6-3-7-16-14(15)5-4-8-18-16/h3-8,12-13,19H,9-11H2,1-2H3. The molecule has 2 nitrogen and oxygen atoms in total. The lowest BCUT2D eigenvalue weighted by Crippen LogP contribution is -2.35. The smallest absolute Gasteiger partial charge is 0.0908 e. The minimum Gasteiger partial charge on any atom is -0.385 e. The molecule has 2 atom stereocenters. The Balaban J connectivity index is 2.12. The van der Waals surface area contributed by atoms with Gasteiger partial charge in [0.1, 0.15) is 0 Å². The summed E-state index contributed by atoms with van der Waals surface area (Å²) in [6.45, 7) is 4.48. The fourth-order valence-electron chi connectivity index (χ4n) is 3.82. The topological polar surface area (TPSA) is 33.1 Å². The van der Waals surface area contributed by atoms with Crippen LogP contribution in [0.3, 0.4) is 0 Å². The van der Waals surface area contributed by atoms with Crippen LogP contribution in [0.4, 0.5) is 0 Å². The Bertz CT molecular complexity index is 577. The molecule has 2 aromatic rings. The molecule has 0 amide bonds. The van der Waals surface area contributed by atoms with Gasteiger partial charge in [-0.1, -0.05) is 32.0 Å². The minimum absolute atomic E-state index is 0.570. The Labute approximate surface area is 114 Å². The van der Waals surface area contributed by atoms with Crippen LogP contribution in [0.5, 0.6) is 0 Å². The van der Waals surface area contributed by atoms with Gasteiger partial charge < -0.3 is 5.11 Å². The first-order valence-corrected chi connectivity index (χ1v) is 7.15. The summed E-state index contributed by atoms with van der Waals surface area (Å²) in [4.78, 5) is 4.39. The molecular weight excluding hydrogens is 234 g/mol. The van der Waals surface area contributed by atoms with Crippen LogP contribution >= 0.6 is 0 Å². The van der Waals surface area contributed by atoms with E-state index in [2.05, 4.69) is 31.0 Å². The summed E-state index contributed by atoms with van der Waals surface area (Å²) in [6, 6.07) is 10.1. The molecule has 1 N–H and O–H groups in total. The summed E-state index contributed by atoms with van der Waals surface area (Å²) in [5.74, 6) is 1.14. The summed E-state index contributed by atoms with van der Waals surface area (Å²) in [7, 11) is 0. The van der Waals surface area contributed by atoms with Gasteiger partial charge in [0.15, 0.2) is 0 Å². The van der Waals surface area contributed by atoms with Gasteiger partial charge in [0, 0.05) is 11.6 Å². The maximum atomic E-state index is 11.2. The second-order valence-corrected chi connectivity index (χ2v) is 6.26. The van der Waals surface area contributed by atoms with Gasteiger partial charge in [-0.25, -0.2) is 0 Å². The summed E-state index contributed by atoms with van der Waals surface area (Å²) in [6.07, 6.45) is 4.73. The molecule has 1 fully saturated rings. The highest BCUT2D eigenvalue weighted by Gasteiger charge is 2.38. The lowest BCUT2D eigenvalue weighted by molar-refractivity contribution is -0.0350. The van der Waals surface area contributed by atoms with Crippen molar-refractivity contribution in [2.75, 3.05) is 0 Å².